The maximum atomic E-state index is 5.66. The smallest absolute Gasteiger partial charge is 0.226 e. The van der Waals surface area contributed by atoms with Crippen molar-refractivity contribution < 1.29 is 4.42 Å². The average molecular weight is 222 g/mol. The molecule has 1 aromatic carbocycles. The van der Waals surface area contributed by atoms with Crippen LogP contribution in [0, 0.1) is 0 Å². The molecule has 15 heavy (non-hydrogen) atoms. The van der Waals surface area contributed by atoms with Gasteiger partial charge in [-0.1, -0.05) is 19.1 Å². The maximum Gasteiger partial charge on any atom is 0.226 e. The van der Waals surface area contributed by atoms with Crippen LogP contribution in [0.3, 0.4) is 0 Å². The van der Waals surface area contributed by atoms with E-state index in [1.807, 2.05) is 12.1 Å². The van der Waals surface area contributed by atoms with Gasteiger partial charge in [0.1, 0.15) is 6.26 Å². The molecule has 0 N–H and O–H groups in total. The standard InChI is InChI=1S/C12H12ClNO/c1-2-9-4-3-5-10(6-9)12-14-11(7-13)8-15-12/h3-6,8H,2,7H2,1H3. The lowest BCUT2D eigenvalue weighted by Crippen LogP contribution is -1.83. The van der Waals surface area contributed by atoms with Gasteiger partial charge in [0.2, 0.25) is 5.89 Å². The fourth-order valence-electron chi connectivity index (χ4n) is 1.43. The molecule has 2 nitrogen and oxygen atoms in total. The van der Waals surface area contributed by atoms with Gasteiger partial charge in [-0.25, -0.2) is 4.98 Å². The van der Waals surface area contributed by atoms with Crippen LogP contribution in [0.2, 0.25) is 0 Å². The van der Waals surface area contributed by atoms with Crippen molar-refractivity contribution in [1.82, 2.24) is 4.98 Å². The Bertz CT molecular complexity index is 450. The van der Waals surface area contributed by atoms with Crippen LogP contribution in [-0.4, -0.2) is 4.98 Å². The van der Waals surface area contributed by atoms with E-state index in [1.165, 1.54) is 5.56 Å². The van der Waals surface area contributed by atoms with Crippen LogP contribution < -0.4 is 0 Å². The first-order valence-electron chi connectivity index (χ1n) is 4.93. The van der Waals surface area contributed by atoms with Gasteiger partial charge in [0.25, 0.3) is 0 Å². The number of alkyl halides is 1. The zero-order valence-corrected chi connectivity index (χ0v) is 9.29. The summed E-state index contributed by atoms with van der Waals surface area (Å²) >= 11 is 5.66. The molecule has 2 rings (SSSR count). The van der Waals surface area contributed by atoms with Crippen LogP contribution in [0.15, 0.2) is 34.9 Å². The van der Waals surface area contributed by atoms with Crippen molar-refractivity contribution in [1.29, 1.82) is 0 Å². The summed E-state index contributed by atoms with van der Waals surface area (Å²) in [6.07, 6.45) is 2.61. The van der Waals surface area contributed by atoms with Crippen molar-refractivity contribution in [3.05, 3.63) is 41.8 Å². The van der Waals surface area contributed by atoms with Gasteiger partial charge in [-0.05, 0) is 24.1 Å². The molecule has 2 aromatic rings. The molecule has 0 radical (unpaired) electrons. The molecule has 0 fully saturated rings. The van der Waals surface area contributed by atoms with Crippen LogP contribution in [0.25, 0.3) is 11.5 Å². The maximum absolute atomic E-state index is 5.66. The van der Waals surface area contributed by atoms with E-state index in [0.717, 1.165) is 17.7 Å². The number of hydrogen-bond acceptors (Lipinski definition) is 2. The summed E-state index contributed by atoms with van der Waals surface area (Å²) in [4.78, 5) is 4.28. The molecule has 3 heteroatoms. The largest absolute Gasteiger partial charge is 0.444 e. The Morgan fingerprint density at radius 1 is 1.40 bits per heavy atom. The number of hydrogen-bond donors (Lipinski definition) is 0. The quantitative estimate of drug-likeness (QED) is 0.740. The highest BCUT2D eigenvalue weighted by molar-refractivity contribution is 6.16. The minimum Gasteiger partial charge on any atom is -0.444 e. The summed E-state index contributed by atoms with van der Waals surface area (Å²) in [5, 5.41) is 0. The molecule has 0 spiro atoms. The predicted octanol–water partition coefficient (Wildman–Crippen LogP) is 3.64. The number of halogens is 1. The fourth-order valence-corrected chi connectivity index (χ4v) is 1.55. The third-order valence-electron chi connectivity index (χ3n) is 2.27. The average Bonchev–Trinajstić information content (AvgIpc) is 2.78. The molecule has 0 saturated heterocycles. The molecular formula is C12H12ClNO. The molecular weight excluding hydrogens is 210 g/mol. The SMILES string of the molecule is CCc1cccc(-c2nc(CCl)co2)c1. The zero-order chi connectivity index (χ0) is 10.7. The van der Waals surface area contributed by atoms with E-state index in [9.17, 15) is 0 Å². The summed E-state index contributed by atoms with van der Waals surface area (Å²) in [5.74, 6) is 1.03. The topological polar surface area (TPSA) is 26.0 Å². The van der Waals surface area contributed by atoms with Crippen molar-refractivity contribution in [3.63, 3.8) is 0 Å². The van der Waals surface area contributed by atoms with Crippen LogP contribution in [0.1, 0.15) is 18.2 Å². The van der Waals surface area contributed by atoms with E-state index in [1.54, 1.807) is 6.26 Å². The lowest BCUT2D eigenvalue weighted by atomic mass is 10.1. The number of nitrogens with zero attached hydrogens (tertiary/aromatic N) is 1. The molecule has 0 unspecified atom stereocenters. The monoisotopic (exact) mass is 221 g/mol. The molecule has 0 bridgehead atoms. The fraction of sp³-hybridized carbons (Fsp3) is 0.250. The number of aryl methyl sites for hydroxylation is 1. The Balaban J connectivity index is 2.35. The molecule has 1 heterocycles. The summed E-state index contributed by atoms with van der Waals surface area (Å²) in [6, 6.07) is 8.18. The number of aromatic nitrogens is 1. The highest BCUT2D eigenvalue weighted by atomic mass is 35.5. The summed E-state index contributed by atoms with van der Waals surface area (Å²) < 4.78 is 5.35. The Morgan fingerprint density at radius 2 is 2.27 bits per heavy atom. The second-order valence-electron chi connectivity index (χ2n) is 3.33. The van der Waals surface area contributed by atoms with E-state index in [0.29, 0.717) is 11.8 Å². The van der Waals surface area contributed by atoms with Gasteiger partial charge in [-0.2, -0.15) is 0 Å². The molecule has 0 amide bonds. The second kappa shape index (κ2) is 4.49. The first-order chi connectivity index (χ1) is 7.33. The second-order valence-corrected chi connectivity index (χ2v) is 3.60. The Labute approximate surface area is 93.9 Å². The first-order valence-corrected chi connectivity index (χ1v) is 5.46. The molecule has 1 aromatic heterocycles. The normalized spacial score (nSPS) is 10.5. The third-order valence-corrected chi connectivity index (χ3v) is 2.54. The van der Waals surface area contributed by atoms with Crippen LogP contribution in [0.4, 0.5) is 0 Å². The van der Waals surface area contributed by atoms with E-state index in [-0.39, 0.29) is 0 Å². The van der Waals surface area contributed by atoms with Gasteiger partial charge in [-0.15, -0.1) is 11.6 Å². The highest BCUT2D eigenvalue weighted by Gasteiger charge is 2.05. The number of rotatable bonds is 3. The minimum absolute atomic E-state index is 0.386. The first kappa shape index (κ1) is 10.2. The predicted molar refractivity (Wildman–Crippen MR) is 60.9 cm³/mol. The van der Waals surface area contributed by atoms with Crippen LogP contribution in [-0.2, 0) is 12.3 Å². The Morgan fingerprint density at radius 3 is 2.93 bits per heavy atom. The molecule has 0 atom stereocenters. The number of oxazole rings is 1. The van der Waals surface area contributed by atoms with E-state index >= 15 is 0 Å². The van der Waals surface area contributed by atoms with Gasteiger partial charge < -0.3 is 4.42 Å². The highest BCUT2D eigenvalue weighted by Crippen LogP contribution is 2.20. The van der Waals surface area contributed by atoms with Gasteiger partial charge in [0, 0.05) is 5.56 Å². The van der Waals surface area contributed by atoms with Gasteiger partial charge in [0.05, 0.1) is 11.6 Å². The number of benzene rings is 1. The molecule has 0 saturated carbocycles. The van der Waals surface area contributed by atoms with Gasteiger partial charge >= 0.3 is 0 Å². The minimum atomic E-state index is 0.386. The van der Waals surface area contributed by atoms with Crippen LogP contribution >= 0.6 is 11.6 Å². The van der Waals surface area contributed by atoms with Crippen molar-refractivity contribution >= 4 is 11.6 Å². The van der Waals surface area contributed by atoms with Crippen molar-refractivity contribution in [3.8, 4) is 11.5 Å². The van der Waals surface area contributed by atoms with Crippen molar-refractivity contribution in [2.24, 2.45) is 0 Å². The van der Waals surface area contributed by atoms with Gasteiger partial charge in [-0.3, -0.25) is 0 Å². The lowest BCUT2D eigenvalue weighted by molar-refractivity contribution is 0.573. The Kier molecular flexibility index (Phi) is 3.07. The molecule has 0 aliphatic rings. The molecule has 0 aliphatic carbocycles. The summed E-state index contributed by atoms with van der Waals surface area (Å²) in [6.45, 7) is 2.12. The summed E-state index contributed by atoms with van der Waals surface area (Å²) in [5.41, 5.74) is 3.05. The van der Waals surface area contributed by atoms with E-state index < -0.39 is 0 Å². The van der Waals surface area contributed by atoms with E-state index in [2.05, 4.69) is 24.0 Å². The van der Waals surface area contributed by atoms with Crippen LogP contribution in [0.5, 0.6) is 0 Å². The Hall–Kier alpha value is -1.28. The van der Waals surface area contributed by atoms with E-state index in [4.69, 9.17) is 16.0 Å². The lowest BCUT2D eigenvalue weighted by Gasteiger charge is -1.98. The molecule has 0 aliphatic heterocycles. The zero-order valence-electron chi connectivity index (χ0n) is 8.53. The molecule has 78 valence electrons. The third kappa shape index (κ3) is 2.21. The van der Waals surface area contributed by atoms with Gasteiger partial charge in [0.15, 0.2) is 0 Å². The van der Waals surface area contributed by atoms with Crippen molar-refractivity contribution in [2.45, 2.75) is 19.2 Å². The van der Waals surface area contributed by atoms with Crippen molar-refractivity contribution in [2.75, 3.05) is 0 Å². The summed E-state index contributed by atoms with van der Waals surface area (Å²) in [7, 11) is 0.